The summed E-state index contributed by atoms with van der Waals surface area (Å²) in [5.74, 6) is 2.06. The highest BCUT2D eigenvalue weighted by Crippen LogP contribution is 2.21. The zero-order valence-corrected chi connectivity index (χ0v) is 13.9. The maximum atomic E-state index is 12.4. The van der Waals surface area contributed by atoms with Crippen molar-refractivity contribution in [1.82, 2.24) is 9.88 Å². The Morgan fingerprint density at radius 1 is 1.27 bits per heavy atom. The largest absolute Gasteiger partial charge is 0.336 e. The van der Waals surface area contributed by atoms with Gasteiger partial charge in [0, 0.05) is 30.0 Å². The molecule has 2 aromatic rings. The summed E-state index contributed by atoms with van der Waals surface area (Å²) >= 11 is 3.37. The lowest BCUT2D eigenvalue weighted by atomic mass is 10.1. The second kappa shape index (κ2) is 7.26. The van der Waals surface area contributed by atoms with Crippen LogP contribution in [0.3, 0.4) is 0 Å². The molecule has 2 N–H and O–H groups in total. The van der Waals surface area contributed by atoms with Gasteiger partial charge in [0.05, 0.1) is 6.04 Å². The molecule has 4 nitrogen and oxygen atoms in total. The first-order valence-electron chi connectivity index (χ1n) is 7.36. The van der Waals surface area contributed by atoms with Crippen LogP contribution >= 0.6 is 23.1 Å². The average Bonchev–Trinajstić information content (AvgIpc) is 3.06. The van der Waals surface area contributed by atoms with E-state index in [4.69, 9.17) is 5.73 Å². The standard InChI is InChI=1S/C16H19N3OS2/c17-13(10-12-4-2-1-3-5-12)15-18-14(11-22-15)16(20)19-6-8-21-9-7-19/h1-5,11,13H,6-10,17H2. The Labute approximate surface area is 138 Å². The van der Waals surface area contributed by atoms with Crippen LogP contribution in [0.1, 0.15) is 27.1 Å². The highest BCUT2D eigenvalue weighted by Gasteiger charge is 2.22. The van der Waals surface area contributed by atoms with Crippen LogP contribution in [0.4, 0.5) is 0 Å². The zero-order chi connectivity index (χ0) is 15.4. The summed E-state index contributed by atoms with van der Waals surface area (Å²) in [5.41, 5.74) is 7.96. The van der Waals surface area contributed by atoms with E-state index >= 15 is 0 Å². The summed E-state index contributed by atoms with van der Waals surface area (Å²) in [5, 5.41) is 2.67. The zero-order valence-electron chi connectivity index (χ0n) is 12.3. The molecule has 1 aromatic carbocycles. The predicted molar refractivity (Wildman–Crippen MR) is 92.4 cm³/mol. The number of hydrogen-bond acceptors (Lipinski definition) is 5. The maximum absolute atomic E-state index is 12.4. The van der Waals surface area contributed by atoms with E-state index in [0.717, 1.165) is 36.0 Å². The van der Waals surface area contributed by atoms with Gasteiger partial charge < -0.3 is 10.6 Å². The minimum absolute atomic E-state index is 0.0368. The maximum Gasteiger partial charge on any atom is 0.273 e. The summed E-state index contributed by atoms with van der Waals surface area (Å²) < 4.78 is 0. The second-order valence-electron chi connectivity index (χ2n) is 5.27. The number of thioether (sulfide) groups is 1. The summed E-state index contributed by atoms with van der Waals surface area (Å²) in [6.07, 6.45) is 0.738. The van der Waals surface area contributed by atoms with Gasteiger partial charge in [0.2, 0.25) is 0 Å². The van der Waals surface area contributed by atoms with E-state index in [1.165, 1.54) is 16.9 Å². The number of amides is 1. The Morgan fingerprint density at radius 2 is 2.00 bits per heavy atom. The predicted octanol–water partition coefficient (Wildman–Crippen LogP) is 2.57. The molecule has 1 aromatic heterocycles. The van der Waals surface area contributed by atoms with Gasteiger partial charge >= 0.3 is 0 Å². The molecule has 3 rings (SSSR count). The molecule has 116 valence electrons. The molecular weight excluding hydrogens is 314 g/mol. The third-order valence-corrected chi connectivity index (χ3v) is 5.57. The van der Waals surface area contributed by atoms with Crippen LogP contribution < -0.4 is 5.73 Å². The molecule has 0 saturated carbocycles. The van der Waals surface area contributed by atoms with Gasteiger partial charge in [0.1, 0.15) is 10.7 Å². The van der Waals surface area contributed by atoms with Crippen molar-refractivity contribution >= 4 is 29.0 Å². The molecule has 0 radical (unpaired) electrons. The van der Waals surface area contributed by atoms with Crippen LogP contribution in [0.25, 0.3) is 0 Å². The summed E-state index contributed by atoms with van der Waals surface area (Å²) in [6.45, 7) is 1.62. The molecule has 1 saturated heterocycles. The molecule has 6 heteroatoms. The van der Waals surface area contributed by atoms with Crippen molar-refractivity contribution in [2.45, 2.75) is 12.5 Å². The Hall–Kier alpha value is -1.37. The molecule has 1 fully saturated rings. The molecule has 2 heterocycles. The Kier molecular flexibility index (Phi) is 5.12. The van der Waals surface area contributed by atoms with E-state index in [0.29, 0.717) is 5.69 Å². The topological polar surface area (TPSA) is 59.2 Å². The van der Waals surface area contributed by atoms with Crippen molar-refractivity contribution in [3.63, 3.8) is 0 Å². The van der Waals surface area contributed by atoms with Crippen LogP contribution in [-0.4, -0.2) is 40.4 Å². The van der Waals surface area contributed by atoms with Gasteiger partial charge in [0.25, 0.3) is 5.91 Å². The molecule has 1 unspecified atom stereocenters. The normalized spacial score (nSPS) is 16.5. The molecule has 1 aliphatic heterocycles. The molecule has 22 heavy (non-hydrogen) atoms. The third kappa shape index (κ3) is 3.69. The number of carbonyl (C=O) groups is 1. The molecular formula is C16H19N3OS2. The van der Waals surface area contributed by atoms with Crippen LogP contribution in [-0.2, 0) is 6.42 Å². The first kappa shape index (κ1) is 15.5. The minimum atomic E-state index is -0.161. The van der Waals surface area contributed by atoms with Crippen molar-refractivity contribution < 1.29 is 4.79 Å². The number of nitrogens with zero attached hydrogens (tertiary/aromatic N) is 2. The SMILES string of the molecule is NC(Cc1ccccc1)c1nc(C(=O)N2CCSCC2)cs1. The molecule has 1 amide bonds. The van der Waals surface area contributed by atoms with Crippen molar-refractivity contribution in [2.24, 2.45) is 5.73 Å². The lowest BCUT2D eigenvalue weighted by Crippen LogP contribution is -2.38. The van der Waals surface area contributed by atoms with Crippen LogP contribution in [0.5, 0.6) is 0 Å². The van der Waals surface area contributed by atoms with Crippen molar-refractivity contribution in [1.29, 1.82) is 0 Å². The van der Waals surface area contributed by atoms with E-state index in [1.54, 1.807) is 0 Å². The van der Waals surface area contributed by atoms with Gasteiger partial charge in [-0.3, -0.25) is 4.79 Å². The van der Waals surface area contributed by atoms with Gasteiger partial charge in [-0.2, -0.15) is 11.8 Å². The average molecular weight is 333 g/mol. The van der Waals surface area contributed by atoms with Gasteiger partial charge in [0.15, 0.2) is 0 Å². The minimum Gasteiger partial charge on any atom is -0.336 e. The molecule has 0 spiro atoms. The van der Waals surface area contributed by atoms with Crippen LogP contribution in [0.2, 0.25) is 0 Å². The molecule has 0 bridgehead atoms. The van der Waals surface area contributed by atoms with Crippen LogP contribution in [0, 0.1) is 0 Å². The molecule has 0 aliphatic carbocycles. The number of thiazole rings is 1. The van der Waals surface area contributed by atoms with Gasteiger partial charge in [-0.15, -0.1) is 11.3 Å². The van der Waals surface area contributed by atoms with Crippen LogP contribution in [0.15, 0.2) is 35.7 Å². The smallest absolute Gasteiger partial charge is 0.273 e. The number of benzene rings is 1. The van der Waals surface area contributed by atoms with Crippen molar-refractivity contribution in [3.05, 3.63) is 52.0 Å². The first-order valence-corrected chi connectivity index (χ1v) is 9.39. The molecule has 1 atom stereocenters. The number of hydrogen-bond donors (Lipinski definition) is 1. The highest BCUT2D eigenvalue weighted by atomic mass is 32.2. The lowest BCUT2D eigenvalue weighted by molar-refractivity contribution is 0.0767. The lowest BCUT2D eigenvalue weighted by Gasteiger charge is -2.25. The van der Waals surface area contributed by atoms with Crippen molar-refractivity contribution in [3.8, 4) is 0 Å². The Balaban J connectivity index is 1.66. The first-order chi connectivity index (χ1) is 10.7. The van der Waals surface area contributed by atoms with Gasteiger partial charge in [-0.1, -0.05) is 30.3 Å². The van der Waals surface area contributed by atoms with E-state index in [2.05, 4.69) is 17.1 Å². The highest BCUT2D eigenvalue weighted by molar-refractivity contribution is 7.99. The summed E-state index contributed by atoms with van der Waals surface area (Å²) in [6, 6.07) is 9.97. The third-order valence-electron chi connectivity index (χ3n) is 3.66. The number of rotatable bonds is 4. The molecule has 1 aliphatic rings. The van der Waals surface area contributed by atoms with Gasteiger partial charge in [-0.25, -0.2) is 4.98 Å². The van der Waals surface area contributed by atoms with E-state index in [-0.39, 0.29) is 11.9 Å². The number of carbonyl (C=O) groups excluding carboxylic acids is 1. The summed E-state index contributed by atoms with van der Waals surface area (Å²) in [4.78, 5) is 18.8. The van der Waals surface area contributed by atoms with Gasteiger partial charge in [-0.05, 0) is 12.0 Å². The fourth-order valence-corrected chi connectivity index (χ4v) is 4.14. The summed E-state index contributed by atoms with van der Waals surface area (Å²) in [7, 11) is 0. The van der Waals surface area contributed by atoms with E-state index in [1.807, 2.05) is 40.2 Å². The Morgan fingerprint density at radius 3 is 2.73 bits per heavy atom. The van der Waals surface area contributed by atoms with E-state index < -0.39 is 0 Å². The van der Waals surface area contributed by atoms with Crippen molar-refractivity contribution in [2.75, 3.05) is 24.6 Å². The van der Waals surface area contributed by atoms with E-state index in [9.17, 15) is 4.79 Å². The Bertz CT molecular complexity index is 623. The fourth-order valence-electron chi connectivity index (χ4n) is 2.44. The fraction of sp³-hybridized carbons (Fsp3) is 0.375. The monoisotopic (exact) mass is 333 g/mol. The number of aromatic nitrogens is 1. The second-order valence-corrected chi connectivity index (χ2v) is 7.39. The quantitative estimate of drug-likeness (QED) is 0.934. The number of nitrogens with two attached hydrogens (primary N) is 1.